The molecule has 0 radical (unpaired) electrons. The number of aryl methyl sites for hydroxylation is 3. The molecule has 1 fully saturated rings. The number of aromatic nitrogens is 2. The van der Waals surface area contributed by atoms with Gasteiger partial charge in [0.25, 0.3) is 0 Å². The van der Waals surface area contributed by atoms with Crippen molar-refractivity contribution in [2.45, 2.75) is 39.8 Å². The standard InChI is InChI=1S/C21H29N5O/c1-16-6-4-7-19(12-16)25-11-10-24(14-18(25)3)21(27)15-23-8-5-9-26-20(23)13-17(2)22-26/h4,6-7,12-13,18H,5,8-11,14-15H2,1-3H3/t18-/m0/s1. The number of carbonyl (C=O) groups excluding carboxylic acids is 1. The molecule has 2 aromatic rings. The van der Waals surface area contributed by atoms with Gasteiger partial charge < -0.3 is 14.7 Å². The minimum Gasteiger partial charge on any atom is -0.365 e. The van der Waals surface area contributed by atoms with E-state index in [-0.39, 0.29) is 5.91 Å². The number of amides is 1. The Bertz CT molecular complexity index is 830. The number of rotatable bonds is 3. The van der Waals surface area contributed by atoms with Crippen LogP contribution in [0.2, 0.25) is 0 Å². The minimum atomic E-state index is 0.220. The molecule has 1 amide bonds. The first-order chi connectivity index (χ1) is 13.0. The summed E-state index contributed by atoms with van der Waals surface area (Å²) in [6.07, 6.45) is 1.04. The van der Waals surface area contributed by atoms with Crippen LogP contribution in [0.25, 0.3) is 0 Å². The largest absolute Gasteiger partial charge is 0.365 e. The Morgan fingerprint density at radius 2 is 2.00 bits per heavy atom. The molecule has 144 valence electrons. The highest BCUT2D eigenvalue weighted by Crippen LogP contribution is 2.24. The number of carbonyl (C=O) groups is 1. The Kier molecular flexibility index (Phi) is 4.81. The van der Waals surface area contributed by atoms with E-state index in [0.717, 1.165) is 50.7 Å². The molecule has 0 aliphatic carbocycles. The number of benzene rings is 1. The lowest BCUT2D eigenvalue weighted by Crippen LogP contribution is -2.55. The number of piperazine rings is 1. The van der Waals surface area contributed by atoms with Crippen LogP contribution in [0.3, 0.4) is 0 Å². The van der Waals surface area contributed by atoms with Crippen molar-refractivity contribution in [3.63, 3.8) is 0 Å². The Labute approximate surface area is 161 Å². The number of hydrogen-bond donors (Lipinski definition) is 0. The molecular formula is C21H29N5O. The highest BCUT2D eigenvalue weighted by atomic mass is 16.2. The van der Waals surface area contributed by atoms with E-state index in [1.807, 2.05) is 16.5 Å². The predicted octanol–water partition coefficient (Wildman–Crippen LogP) is 2.45. The van der Waals surface area contributed by atoms with Crippen LogP contribution < -0.4 is 9.80 Å². The third kappa shape index (κ3) is 3.66. The van der Waals surface area contributed by atoms with Crippen LogP contribution in [0, 0.1) is 13.8 Å². The van der Waals surface area contributed by atoms with E-state index in [9.17, 15) is 4.79 Å². The molecule has 1 saturated heterocycles. The monoisotopic (exact) mass is 367 g/mol. The molecule has 2 aliphatic rings. The van der Waals surface area contributed by atoms with E-state index >= 15 is 0 Å². The molecule has 0 spiro atoms. The van der Waals surface area contributed by atoms with Crippen molar-refractivity contribution < 1.29 is 4.79 Å². The Morgan fingerprint density at radius 3 is 2.78 bits per heavy atom. The van der Waals surface area contributed by atoms with Gasteiger partial charge in [-0.15, -0.1) is 0 Å². The molecule has 2 aliphatic heterocycles. The van der Waals surface area contributed by atoms with Crippen LogP contribution in [-0.2, 0) is 11.3 Å². The fraction of sp³-hybridized carbons (Fsp3) is 0.524. The van der Waals surface area contributed by atoms with Crippen LogP contribution >= 0.6 is 0 Å². The third-order valence-corrected chi connectivity index (χ3v) is 5.64. The summed E-state index contributed by atoms with van der Waals surface area (Å²) in [5.41, 5.74) is 3.55. The quantitative estimate of drug-likeness (QED) is 0.836. The van der Waals surface area contributed by atoms with Gasteiger partial charge in [0.2, 0.25) is 5.91 Å². The summed E-state index contributed by atoms with van der Waals surface area (Å²) in [6, 6.07) is 11.0. The molecule has 0 unspecified atom stereocenters. The number of hydrogen-bond acceptors (Lipinski definition) is 4. The zero-order valence-corrected chi connectivity index (χ0v) is 16.6. The molecule has 1 atom stereocenters. The predicted molar refractivity (Wildman–Crippen MR) is 108 cm³/mol. The summed E-state index contributed by atoms with van der Waals surface area (Å²) in [5.74, 6) is 1.30. The van der Waals surface area contributed by atoms with Gasteiger partial charge in [0.15, 0.2) is 0 Å². The van der Waals surface area contributed by atoms with Crippen molar-refractivity contribution in [2.75, 3.05) is 42.5 Å². The Hall–Kier alpha value is -2.50. The molecular weight excluding hydrogens is 338 g/mol. The summed E-state index contributed by atoms with van der Waals surface area (Å²) in [6.45, 7) is 11.1. The second kappa shape index (κ2) is 7.25. The van der Waals surface area contributed by atoms with Gasteiger partial charge in [-0.3, -0.25) is 4.79 Å². The zero-order valence-electron chi connectivity index (χ0n) is 16.6. The molecule has 1 aromatic heterocycles. The van der Waals surface area contributed by atoms with Gasteiger partial charge in [0.05, 0.1) is 12.2 Å². The summed E-state index contributed by atoms with van der Waals surface area (Å²) in [7, 11) is 0. The van der Waals surface area contributed by atoms with Crippen molar-refractivity contribution in [1.29, 1.82) is 0 Å². The second-order valence-electron chi connectivity index (χ2n) is 7.86. The van der Waals surface area contributed by atoms with E-state index in [4.69, 9.17) is 0 Å². The summed E-state index contributed by atoms with van der Waals surface area (Å²) in [4.78, 5) is 19.6. The van der Waals surface area contributed by atoms with E-state index in [2.05, 4.69) is 59.1 Å². The molecule has 0 saturated carbocycles. The van der Waals surface area contributed by atoms with Gasteiger partial charge in [-0.2, -0.15) is 5.10 Å². The number of nitrogens with zero attached hydrogens (tertiary/aromatic N) is 5. The molecule has 27 heavy (non-hydrogen) atoms. The van der Waals surface area contributed by atoms with Crippen LogP contribution in [0.5, 0.6) is 0 Å². The van der Waals surface area contributed by atoms with Gasteiger partial charge >= 0.3 is 0 Å². The first-order valence-corrected chi connectivity index (χ1v) is 9.92. The molecule has 0 N–H and O–H groups in total. The first kappa shape index (κ1) is 17.9. The topological polar surface area (TPSA) is 44.6 Å². The number of fused-ring (bicyclic) bond motifs is 1. The normalized spacial score (nSPS) is 20.0. The molecule has 6 heteroatoms. The first-order valence-electron chi connectivity index (χ1n) is 9.92. The zero-order chi connectivity index (χ0) is 19.0. The van der Waals surface area contributed by atoms with Gasteiger partial charge in [0, 0.05) is 50.5 Å². The molecule has 3 heterocycles. The van der Waals surface area contributed by atoms with Gasteiger partial charge in [-0.05, 0) is 44.9 Å². The van der Waals surface area contributed by atoms with Crippen molar-refractivity contribution in [3.05, 3.63) is 41.6 Å². The molecule has 0 bridgehead atoms. The minimum absolute atomic E-state index is 0.220. The van der Waals surface area contributed by atoms with Crippen molar-refractivity contribution in [3.8, 4) is 0 Å². The Balaban J connectivity index is 1.40. The molecule has 6 nitrogen and oxygen atoms in total. The van der Waals surface area contributed by atoms with Crippen molar-refractivity contribution in [2.24, 2.45) is 0 Å². The fourth-order valence-electron chi connectivity index (χ4n) is 4.27. The summed E-state index contributed by atoms with van der Waals surface area (Å²) < 4.78 is 2.03. The SMILES string of the molecule is Cc1cccc(N2CCN(C(=O)CN3CCCn4nc(C)cc43)C[C@@H]2C)c1. The maximum atomic E-state index is 13.0. The van der Waals surface area contributed by atoms with Crippen LogP contribution in [0.15, 0.2) is 30.3 Å². The van der Waals surface area contributed by atoms with Gasteiger partial charge in [-0.25, -0.2) is 4.68 Å². The van der Waals surface area contributed by atoms with Crippen LogP contribution in [0.4, 0.5) is 11.5 Å². The van der Waals surface area contributed by atoms with Gasteiger partial charge in [-0.1, -0.05) is 12.1 Å². The van der Waals surface area contributed by atoms with E-state index in [0.29, 0.717) is 12.6 Å². The Morgan fingerprint density at radius 1 is 1.15 bits per heavy atom. The fourth-order valence-corrected chi connectivity index (χ4v) is 4.27. The second-order valence-corrected chi connectivity index (χ2v) is 7.86. The highest BCUT2D eigenvalue weighted by molar-refractivity contribution is 5.81. The maximum absolute atomic E-state index is 13.0. The van der Waals surface area contributed by atoms with E-state index in [1.54, 1.807) is 0 Å². The average Bonchev–Trinajstić information content (AvgIpc) is 3.03. The maximum Gasteiger partial charge on any atom is 0.242 e. The van der Waals surface area contributed by atoms with Gasteiger partial charge in [0.1, 0.15) is 5.82 Å². The smallest absolute Gasteiger partial charge is 0.242 e. The van der Waals surface area contributed by atoms with Crippen molar-refractivity contribution >= 4 is 17.4 Å². The molecule has 4 rings (SSSR count). The van der Waals surface area contributed by atoms with Crippen LogP contribution in [0.1, 0.15) is 24.6 Å². The summed E-state index contributed by atoms with van der Waals surface area (Å²) >= 11 is 0. The summed E-state index contributed by atoms with van der Waals surface area (Å²) in [5, 5.41) is 4.53. The average molecular weight is 367 g/mol. The molecule has 1 aromatic carbocycles. The van der Waals surface area contributed by atoms with Crippen LogP contribution in [-0.4, -0.2) is 59.4 Å². The lowest BCUT2D eigenvalue weighted by atomic mass is 10.1. The number of anilines is 2. The van der Waals surface area contributed by atoms with E-state index in [1.165, 1.54) is 11.3 Å². The third-order valence-electron chi connectivity index (χ3n) is 5.64. The lowest BCUT2D eigenvalue weighted by molar-refractivity contribution is -0.130. The van der Waals surface area contributed by atoms with E-state index < -0.39 is 0 Å². The van der Waals surface area contributed by atoms with Crippen molar-refractivity contribution in [1.82, 2.24) is 14.7 Å². The highest BCUT2D eigenvalue weighted by Gasteiger charge is 2.29. The lowest BCUT2D eigenvalue weighted by Gasteiger charge is -2.42.